The molecule has 0 fully saturated rings. The van der Waals surface area contributed by atoms with Crippen LogP contribution in [0.4, 0.5) is 13.2 Å². The van der Waals surface area contributed by atoms with E-state index >= 15 is 0 Å². The van der Waals surface area contributed by atoms with Crippen LogP contribution in [-0.2, 0) is 0 Å². The maximum absolute atomic E-state index is 12.0. The summed E-state index contributed by atoms with van der Waals surface area (Å²) in [5.74, 6) is 0.156. The van der Waals surface area contributed by atoms with E-state index in [-0.39, 0.29) is 5.75 Å². The van der Waals surface area contributed by atoms with Crippen molar-refractivity contribution in [2.24, 2.45) is 0 Å². The van der Waals surface area contributed by atoms with Gasteiger partial charge in [0.25, 0.3) is 0 Å². The highest BCUT2D eigenvalue weighted by Gasteiger charge is 2.28. The number of ether oxygens (including phenoxy) is 1. The summed E-state index contributed by atoms with van der Waals surface area (Å²) < 4.78 is 40.7. The van der Waals surface area contributed by atoms with Crippen LogP contribution in [0.5, 0.6) is 5.75 Å². The van der Waals surface area contributed by atoms with Gasteiger partial charge in [-0.05, 0) is 36.8 Å². The summed E-state index contributed by atoms with van der Waals surface area (Å²) in [4.78, 5) is 4.11. The molecule has 0 atom stereocenters. The van der Waals surface area contributed by atoms with E-state index in [0.717, 1.165) is 5.56 Å². The molecule has 0 aliphatic rings. The molecule has 1 heterocycles. The highest BCUT2D eigenvalue weighted by atomic mass is 35.5. The Balaban J connectivity index is 2.30. The normalized spacial score (nSPS) is 11.8. The maximum atomic E-state index is 12.0. The fourth-order valence-electron chi connectivity index (χ4n) is 1.49. The van der Waals surface area contributed by atoms with Crippen LogP contribution in [-0.4, -0.2) is 17.8 Å². The van der Waals surface area contributed by atoms with E-state index in [9.17, 15) is 13.2 Å². The molecule has 0 amide bonds. The zero-order valence-electron chi connectivity index (χ0n) is 9.38. The van der Waals surface area contributed by atoms with Gasteiger partial charge in [0.2, 0.25) is 0 Å². The van der Waals surface area contributed by atoms with Crippen LogP contribution < -0.4 is 4.74 Å². The molecule has 2 aromatic rings. The second-order valence-corrected chi connectivity index (χ2v) is 4.21. The summed E-state index contributed by atoms with van der Waals surface area (Å²) in [6.07, 6.45) is -4.34. The minimum absolute atomic E-state index is 0.156. The van der Waals surface area contributed by atoms with Gasteiger partial charge < -0.3 is 4.74 Å². The molecule has 1 aromatic heterocycles. The summed E-state index contributed by atoms with van der Waals surface area (Å²) in [6, 6.07) is 6.28. The van der Waals surface area contributed by atoms with Crippen molar-refractivity contribution in [2.45, 2.75) is 13.1 Å². The van der Waals surface area contributed by atoms with E-state index in [0.29, 0.717) is 16.1 Å². The maximum Gasteiger partial charge on any atom is 0.422 e. The number of fused-ring (bicyclic) bond motifs is 1. The Kier molecular flexibility index (Phi) is 3.34. The van der Waals surface area contributed by atoms with Crippen molar-refractivity contribution in [3.8, 4) is 5.75 Å². The number of aromatic nitrogens is 1. The van der Waals surface area contributed by atoms with Crippen LogP contribution >= 0.6 is 11.6 Å². The smallest absolute Gasteiger partial charge is 0.422 e. The Morgan fingerprint density at radius 1 is 1.28 bits per heavy atom. The minimum atomic E-state index is -4.34. The van der Waals surface area contributed by atoms with Crippen LogP contribution in [0.1, 0.15) is 5.56 Å². The number of aryl methyl sites for hydroxylation is 1. The third kappa shape index (κ3) is 3.04. The predicted molar refractivity (Wildman–Crippen MR) is 63.0 cm³/mol. The number of alkyl halides is 3. The molecule has 2 nitrogen and oxygen atoms in total. The van der Waals surface area contributed by atoms with E-state index in [4.69, 9.17) is 11.6 Å². The third-order valence-corrected chi connectivity index (χ3v) is 2.70. The lowest BCUT2D eigenvalue weighted by Gasteiger charge is -2.10. The molecular formula is C12H9ClF3NO. The van der Waals surface area contributed by atoms with E-state index in [2.05, 4.69) is 9.72 Å². The van der Waals surface area contributed by atoms with E-state index < -0.39 is 12.8 Å². The predicted octanol–water partition coefficient (Wildman–Crippen LogP) is 4.14. The van der Waals surface area contributed by atoms with Gasteiger partial charge in [0.1, 0.15) is 10.9 Å². The van der Waals surface area contributed by atoms with Crippen molar-refractivity contribution in [3.63, 3.8) is 0 Å². The number of hydrogen-bond donors (Lipinski definition) is 0. The third-order valence-electron chi connectivity index (χ3n) is 2.32. The molecule has 0 saturated carbocycles. The first-order valence-electron chi connectivity index (χ1n) is 5.11. The van der Waals surface area contributed by atoms with Crippen molar-refractivity contribution in [2.75, 3.05) is 6.61 Å². The Morgan fingerprint density at radius 3 is 2.67 bits per heavy atom. The number of halogens is 4. The van der Waals surface area contributed by atoms with Crippen LogP contribution in [0.2, 0.25) is 5.15 Å². The quantitative estimate of drug-likeness (QED) is 0.769. The van der Waals surface area contributed by atoms with Crippen molar-refractivity contribution in [3.05, 3.63) is 35.0 Å². The van der Waals surface area contributed by atoms with Gasteiger partial charge >= 0.3 is 6.18 Å². The highest BCUT2D eigenvalue weighted by molar-refractivity contribution is 6.30. The minimum Gasteiger partial charge on any atom is -0.484 e. The lowest BCUT2D eigenvalue weighted by atomic mass is 10.1. The zero-order chi connectivity index (χ0) is 13.3. The number of hydrogen-bond acceptors (Lipinski definition) is 2. The number of nitrogens with zero attached hydrogens (tertiary/aromatic N) is 1. The van der Waals surface area contributed by atoms with E-state index in [1.807, 2.05) is 0 Å². The fraction of sp³-hybridized carbons (Fsp3) is 0.250. The van der Waals surface area contributed by atoms with Crippen molar-refractivity contribution < 1.29 is 17.9 Å². The molecule has 0 unspecified atom stereocenters. The molecule has 0 spiro atoms. The number of benzene rings is 1. The molecule has 6 heteroatoms. The second kappa shape index (κ2) is 4.65. The largest absolute Gasteiger partial charge is 0.484 e. The molecule has 0 N–H and O–H groups in total. The first-order valence-corrected chi connectivity index (χ1v) is 5.49. The van der Waals surface area contributed by atoms with Gasteiger partial charge in [-0.2, -0.15) is 13.2 Å². The van der Waals surface area contributed by atoms with Crippen LogP contribution in [0.3, 0.4) is 0 Å². The van der Waals surface area contributed by atoms with Crippen molar-refractivity contribution >= 4 is 22.5 Å². The van der Waals surface area contributed by atoms with Gasteiger partial charge in [0.15, 0.2) is 6.61 Å². The monoisotopic (exact) mass is 275 g/mol. The average molecular weight is 276 g/mol. The van der Waals surface area contributed by atoms with Crippen molar-refractivity contribution in [1.29, 1.82) is 0 Å². The molecule has 0 radical (unpaired) electrons. The summed E-state index contributed by atoms with van der Waals surface area (Å²) in [5, 5.41) is 1.07. The molecule has 0 aliphatic carbocycles. The highest BCUT2D eigenvalue weighted by Crippen LogP contribution is 2.25. The van der Waals surface area contributed by atoms with Crippen LogP contribution in [0.15, 0.2) is 24.3 Å². The Bertz CT molecular complexity index is 583. The summed E-state index contributed by atoms with van der Waals surface area (Å²) >= 11 is 5.86. The number of rotatable bonds is 2. The lowest BCUT2D eigenvalue weighted by molar-refractivity contribution is -0.153. The standard InChI is InChI=1S/C12H9ClF3NO/c1-7-4-8-5-9(18-6-12(14,15)16)2-3-10(8)17-11(7)13/h2-5H,6H2,1H3. The summed E-state index contributed by atoms with van der Waals surface area (Å²) in [5.41, 5.74) is 1.38. The Labute approximate surface area is 106 Å². The van der Waals surface area contributed by atoms with Gasteiger partial charge in [-0.1, -0.05) is 11.6 Å². The van der Waals surface area contributed by atoms with Gasteiger partial charge in [0, 0.05) is 5.39 Å². The molecule has 0 bridgehead atoms. The molecule has 96 valence electrons. The van der Waals surface area contributed by atoms with E-state index in [1.165, 1.54) is 12.1 Å². The van der Waals surface area contributed by atoms with Gasteiger partial charge in [-0.15, -0.1) is 0 Å². The molecule has 2 rings (SSSR count). The molecular weight excluding hydrogens is 267 g/mol. The van der Waals surface area contributed by atoms with E-state index in [1.54, 1.807) is 19.1 Å². The fourth-order valence-corrected chi connectivity index (χ4v) is 1.64. The lowest BCUT2D eigenvalue weighted by Crippen LogP contribution is -2.19. The van der Waals surface area contributed by atoms with Gasteiger partial charge in [-0.25, -0.2) is 4.98 Å². The number of pyridine rings is 1. The summed E-state index contributed by atoms with van der Waals surface area (Å²) in [6.45, 7) is 0.469. The van der Waals surface area contributed by atoms with Crippen LogP contribution in [0, 0.1) is 6.92 Å². The van der Waals surface area contributed by atoms with Crippen molar-refractivity contribution in [1.82, 2.24) is 4.98 Å². The van der Waals surface area contributed by atoms with Gasteiger partial charge in [0.05, 0.1) is 5.52 Å². The first-order chi connectivity index (χ1) is 8.35. The molecule has 0 saturated heterocycles. The van der Waals surface area contributed by atoms with Gasteiger partial charge in [-0.3, -0.25) is 0 Å². The Hall–Kier alpha value is -1.49. The molecule has 0 aliphatic heterocycles. The van der Waals surface area contributed by atoms with Crippen LogP contribution in [0.25, 0.3) is 10.9 Å². The Morgan fingerprint density at radius 2 is 2.00 bits per heavy atom. The topological polar surface area (TPSA) is 22.1 Å². The molecule has 18 heavy (non-hydrogen) atoms. The average Bonchev–Trinajstić information content (AvgIpc) is 2.27. The SMILES string of the molecule is Cc1cc2cc(OCC(F)(F)F)ccc2nc1Cl. The first kappa shape index (κ1) is 13.0. The summed E-state index contributed by atoms with van der Waals surface area (Å²) in [7, 11) is 0. The molecule has 1 aromatic carbocycles. The second-order valence-electron chi connectivity index (χ2n) is 3.85. The zero-order valence-corrected chi connectivity index (χ0v) is 10.1.